The predicted octanol–water partition coefficient (Wildman–Crippen LogP) is 3.21. The molecule has 2 aromatic rings. The van der Waals surface area contributed by atoms with E-state index in [4.69, 9.17) is 0 Å². The van der Waals surface area contributed by atoms with Gasteiger partial charge in [0.2, 0.25) is 0 Å². The first-order valence-electron chi connectivity index (χ1n) is 7.99. The predicted molar refractivity (Wildman–Crippen MR) is 93.9 cm³/mol. The maximum atomic E-state index is 12.5. The van der Waals surface area contributed by atoms with Crippen LogP contribution >= 0.6 is 11.8 Å². The highest BCUT2D eigenvalue weighted by Crippen LogP contribution is 2.36. The van der Waals surface area contributed by atoms with Gasteiger partial charge in [-0.05, 0) is 34.9 Å². The fraction of sp³-hybridized carbons (Fsp3) is 0.250. The Balaban J connectivity index is 1.87. The molecule has 1 saturated carbocycles. The van der Waals surface area contributed by atoms with Crippen molar-refractivity contribution in [1.82, 2.24) is 0 Å². The summed E-state index contributed by atoms with van der Waals surface area (Å²) >= 11 is 1.63. The number of benzene rings is 2. The SMILES string of the molecule is CC1(C)CC(=O)C(=c2ccc3c(c2)Sc2ccccc2N=3)C(=O)C1. The molecule has 4 rings (SSSR count). The van der Waals surface area contributed by atoms with Crippen molar-refractivity contribution in [1.29, 1.82) is 0 Å². The van der Waals surface area contributed by atoms with E-state index < -0.39 is 0 Å². The molecule has 0 N–H and O–H groups in total. The lowest BCUT2D eigenvalue weighted by Crippen LogP contribution is -2.34. The van der Waals surface area contributed by atoms with Crippen LogP contribution < -0.4 is 10.6 Å². The van der Waals surface area contributed by atoms with Crippen molar-refractivity contribution in [2.45, 2.75) is 36.5 Å². The van der Waals surface area contributed by atoms with Crippen LogP contribution in [0.15, 0.2) is 57.2 Å². The number of nitrogens with zero attached hydrogens (tertiary/aromatic N) is 1. The zero-order chi connectivity index (χ0) is 16.9. The Labute approximate surface area is 144 Å². The second-order valence-electron chi connectivity index (χ2n) is 7.10. The number of hydrogen-bond acceptors (Lipinski definition) is 4. The number of Topliss-reactive ketones (excluding diaryl/α,β-unsaturated/α-hetero) is 2. The van der Waals surface area contributed by atoms with Gasteiger partial charge in [0, 0.05) is 22.6 Å². The molecule has 0 radical (unpaired) electrons. The van der Waals surface area contributed by atoms with Crippen LogP contribution in [0, 0.1) is 5.41 Å². The van der Waals surface area contributed by atoms with Crippen LogP contribution in [0.4, 0.5) is 5.69 Å². The summed E-state index contributed by atoms with van der Waals surface area (Å²) < 4.78 is 0. The Hall–Kier alpha value is -2.20. The molecule has 1 heterocycles. The van der Waals surface area contributed by atoms with Gasteiger partial charge >= 0.3 is 0 Å². The molecule has 0 unspecified atom stereocenters. The minimum Gasteiger partial charge on any atom is -0.294 e. The number of fused-ring (bicyclic) bond motifs is 2. The first-order chi connectivity index (χ1) is 11.4. The third-order valence-corrected chi connectivity index (χ3v) is 5.52. The highest BCUT2D eigenvalue weighted by atomic mass is 32.2. The van der Waals surface area contributed by atoms with E-state index in [2.05, 4.69) is 4.99 Å². The van der Waals surface area contributed by atoms with Crippen LogP contribution in [-0.2, 0) is 9.59 Å². The van der Waals surface area contributed by atoms with Gasteiger partial charge < -0.3 is 0 Å². The zero-order valence-electron chi connectivity index (χ0n) is 13.6. The molecule has 0 amide bonds. The molecule has 1 aliphatic heterocycles. The lowest BCUT2D eigenvalue weighted by atomic mass is 9.73. The number of para-hydroxylation sites is 1. The number of rotatable bonds is 0. The van der Waals surface area contributed by atoms with E-state index in [1.807, 2.05) is 56.3 Å². The van der Waals surface area contributed by atoms with E-state index in [-0.39, 0.29) is 17.0 Å². The van der Waals surface area contributed by atoms with Crippen molar-refractivity contribution in [2.75, 3.05) is 0 Å². The Morgan fingerprint density at radius 2 is 1.67 bits per heavy atom. The topological polar surface area (TPSA) is 46.5 Å². The molecule has 120 valence electrons. The summed E-state index contributed by atoms with van der Waals surface area (Å²) in [4.78, 5) is 31.7. The number of hydrogen-bond donors (Lipinski definition) is 0. The standard InChI is InChI=1S/C20H17NO2S/c1-20(2)10-15(22)19(16(23)11-20)12-7-8-14-18(9-12)24-17-6-4-3-5-13(17)21-14/h3-9H,10-11H2,1-2H3. The second kappa shape index (κ2) is 5.42. The summed E-state index contributed by atoms with van der Waals surface area (Å²) in [6.07, 6.45) is 0.844. The lowest BCUT2D eigenvalue weighted by Gasteiger charge is -2.28. The molecule has 0 spiro atoms. The average molecular weight is 335 g/mol. The fourth-order valence-corrected chi connectivity index (χ4v) is 4.32. The maximum absolute atomic E-state index is 12.5. The van der Waals surface area contributed by atoms with Crippen molar-refractivity contribution in [3.05, 3.63) is 53.0 Å². The van der Waals surface area contributed by atoms with E-state index in [9.17, 15) is 9.59 Å². The van der Waals surface area contributed by atoms with E-state index in [1.54, 1.807) is 11.8 Å². The smallest absolute Gasteiger partial charge is 0.167 e. The van der Waals surface area contributed by atoms with Gasteiger partial charge in [0.05, 0.1) is 16.6 Å². The van der Waals surface area contributed by atoms with Crippen molar-refractivity contribution in [2.24, 2.45) is 10.4 Å². The third kappa shape index (κ3) is 2.61. The highest BCUT2D eigenvalue weighted by molar-refractivity contribution is 7.99. The molecule has 0 bridgehead atoms. The van der Waals surface area contributed by atoms with Crippen LogP contribution in [0.5, 0.6) is 0 Å². The summed E-state index contributed by atoms with van der Waals surface area (Å²) in [7, 11) is 0. The monoisotopic (exact) mass is 335 g/mol. The second-order valence-corrected chi connectivity index (χ2v) is 8.19. The molecule has 0 atom stereocenters. The van der Waals surface area contributed by atoms with Crippen LogP contribution in [0.1, 0.15) is 26.7 Å². The highest BCUT2D eigenvalue weighted by Gasteiger charge is 2.35. The molecular weight excluding hydrogens is 318 g/mol. The summed E-state index contributed by atoms with van der Waals surface area (Å²) in [5.41, 5.74) is 1.08. The van der Waals surface area contributed by atoms with Crippen LogP contribution in [-0.4, -0.2) is 11.6 Å². The number of carbonyl (C=O) groups excluding carboxylic acids is 2. The first kappa shape index (κ1) is 15.3. The fourth-order valence-electron chi connectivity index (χ4n) is 3.31. The molecule has 24 heavy (non-hydrogen) atoms. The summed E-state index contributed by atoms with van der Waals surface area (Å²) in [5, 5.41) is 1.61. The van der Waals surface area contributed by atoms with Crippen LogP contribution in [0.3, 0.4) is 0 Å². The van der Waals surface area contributed by atoms with E-state index in [1.165, 1.54) is 0 Å². The van der Waals surface area contributed by atoms with Crippen LogP contribution in [0.25, 0.3) is 5.57 Å². The lowest BCUT2D eigenvalue weighted by molar-refractivity contribution is -0.124. The molecule has 0 saturated heterocycles. The summed E-state index contributed by atoms with van der Waals surface area (Å²) in [5.74, 6) is -0.0938. The number of carbonyl (C=O) groups is 2. The van der Waals surface area contributed by atoms with Gasteiger partial charge in [-0.1, -0.05) is 43.8 Å². The van der Waals surface area contributed by atoms with Crippen LogP contribution in [0.2, 0.25) is 0 Å². The molecule has 0 aromatic heterocycles. The normalized spacial score (nSPS) is 18.7. The van der Waals surface area contributed by atoms with Crippen molar-refractivity contribution in [3.8, 4) is 0 Å². The van der Waals surface area contributed by atoms with Crippen molar-refractivity contribution >= 4 is 34.6 Å². The molecule has 2 aromatic carbocycles. The maximum Gasteiger partial charge on any atom is 0.167 e. The minimum absolute atomic E-state index is 0.0469. The largest absolute Gasteiger partial charge is 0.294 e. The first-order valence-corrected chi connectivity index (χ1v) is 8.81. The zero-order valence-corrected chi connectivity index (χ0v) is 14.4. The average Bonchev–Trinajstić information content (AvgIpc) is 2.51. The Morgan fingerprint density at radius 1 is 0.958 bits per heavy atom. The van der Waals surface area contributed by atoms with E-state index in [0.717, 1.165) is 26.1 Å². The third-order valence-electron chi connectivity index (χ3n) is 4.41. The van der Waals surface area contributed by atoms with Gasteiger partial charge in [0.1, 0.15) is 0 Å². The van der Waals surface area contributed by atoms with Gasteiger partial charge in [0.25, 0.3) is 0 Å². The molecule has 2 aliphatic rings. The molecule has 1 fully saturated rings. The minimum atomic E-state index is -0.241. The van der Waals surface area contributed by atoms with Crippen molar-refractivity contribution < 1.29 is 9.59 Å². The van der Waals surface area contributed by atoms with Crippen molar-refractivity contribution in [3.63, 3.8) is 0 Å². The molecule has 1 aliphatic carbocycles. The quantitative estimate of drug-likeness (QED) is 0.634. The number of ketones is 2. The van der Waals surface area contributed by atoms with Gasteiger partial charge in [-0.15, -0.1) is 0 Å². The molecular formula is C20H17NO2S. The van der Waals surface area contributed by atoms with Gasteiger partial charge in [-0.3, -0.25) is 9.59 Å². The Bertz CT molecular complexity index is 983. The molecule has 3 nitrogen and oxygen atoms in total. The Kier molecular flexibility index (Phi) is 3.46. The van der Waals surface area contributed by atoms with E-state index in [0.29, 0.717) is 18.4 Å². The van der Waals surface area contributed by atoms with Gasteiger partial charge in [-0.2, -0.15) is 0 Å². The Morgan fingerprint density at radius 3 is 2.42 bits per heavy atom. The van der Waals surface area contributed by atoms with Gasteiger partial charge in [0.15, 0.2) is 11.6 Å². The van der Waals surface area contributed by atoms with Gasteiger partial charge in [-0.25, -0.2) is 4.99 Å². The van der Waals surface area contributed by atoms with E-state index >= 15 is 0 Å². The summed E-state index contributed by atoms with van der Waals surface area (Å²) in [6, 6.07) is 13.7. The summed E-state index contributed by atoms with van der Waals surface area (Å²) in [6.45, 7) is 3.94. The molecule has 4 heteroatoms.